The second-order valence-electron chi connectivity index (χ2n) is 7.13. The highest BCUT2D eigenvalue weighted by atomic mass is 19.3. The lowest BCUT2D eigenvalue weighted by Gasteiger charge is -2.43. The van der Waals surface area contributed by atoms with Crippen LogP contribution in [0.15, 0.2) is 11.5 Å². The molecular formula is C14H19BF4O4. The summed E-state index contributed by atoms with van der Waals surface area (Å²) in [5.74, 6) is -11.1. The van der Waals surface area contributed by atoms with Crippen molar-refractivity contribution >= 4 is 7.12 Å². The molecule has 3 rings (SSSR count). The standard InChI is InChI=1S/C14H19BF4O4/c1-10(2)11(3,4)23-15(22-10)9-7-12(16,17)14(13(18,19)8-9)20-5-6-21-14/h7H,5-6,8H2,1-4H3. The first kappa shape index (κ1) is 17.2. The van der Waals surface area contributed by atoms with Crippen LogP contribution in [-0.2, 0) is 18.8 Å². The fraction of sp³-hybridized carbons (Fsp3) is 0.857. The van der Waals surface area contributed by atoms with E-state index in [-0.39, 0.29) is 18.7 Å². The molecule has 9 heteroatoms. The Balaban J connectivity index is 1.96. The second-order valence-corrected chi connectivity index (χ2v) is 7.13. The zero-order chi connectivity index (χ0) is 17.3. The van der Waals surface area contributed by atoms with E-state index < -0.39 is 42.4 Å². The normalized spacial score (nSPS) is 33.0. The van der Waals surface area contributed by atoms with Crippen molar-refractivity contribution in [3.05, 3.63) is 11.5 Å². The number of hydrogen-bond donors (Lipinski definition) is 0. The lowest BCUT2D eigenvalue weighted by Crippen LogP contribution is -2.63. The Morgan fingerprint density at radius 3 is 1.83 bits per heavy atom. The van der Waals surface area contributed by atoms with Gasteiger partial charge in [0, 0.05) is 6.42 Å². The third-order valence-corrected chi connectivity index (χ3v) is 4.96. The molecule has 130 valence electrons. The summed E-state index contributed by atoms with van der Waals surface area (Å²) in [4.78, 5) is 0. The molecule has 2 saturated heterocycles. The molecule has 0 radical (unpaired) electrons. The molecular weight excluding hydrogens is 319 g/mol. The van der Waals surface area contributed by atoms with Crippen molar-refractivity contribution in [3.63, 3.8) is 0 Å². The van der Waals surface area contributed by atoms with Gasteiger partial charge in [-0.3, -0.25) is 0 Å². The zero-order valence-corrected chi connectivity index (χ0v) is 13.4. The monoisotopic (exact) mass is 338 g/mol. The van der Waals surface area contributed by atoms with Gasteiger partial charge in [-0.15, -0.1) is 0 Å². The zero-order valence-electron chi connectivity index (χ0n) is 13.4. The number of allylic oxidation sites excluding steroid dienone is 1. The Kier molecular flexibility index (Phi) is 3.52. The van der Waals surface area contributed by atoms with Gasteiger partial charge in [-0.2, -0.15) is 8.78 Å². The molecule has 2 aliphatic heterocycles. The minimum Gasteiger partial charge on any atom is -0.400 e. The maximum atomic E-state index is 14.5. The van der Waals surface area contributed by atoms with Crippen LogP contribution >= 0.6 is 0 Å². The predicted molar refractivity (Wildman–Crippen MR) is 73.3 cm³/mol. The molecule has 1 spiro atoms. The highest BCUT2D eigenvalue weighted by molar-refractivity contribution is 6.54. The number of rotatable bonds is 1. The van der Waals surface area contributed by atoms with Gasteiger partial charge in [0.1, 0.15) is 0 Å². The minimum atomic E-state index is -4.00. The first-order valence-corrected chi connectivity index (χ1v) is 7.44. The molecule has 0 aromatic heterocycles. The SMILES string of the molecule is CC1(C)OB(C2=CC(F)(F)C3(OCCO3)C(F)(F)C2)OC1(C)C. The minimum absolute atomic E-state index is 0.301. The highest BCUT2D eigenvalue weighted by Gasteiger charge is 2.75. The molecule has 4 nitrogen and oxygen atoms in total. The molecule has 1 aliphatic carbocycles. The largest absolute Gasteiger partial charge is 0.490 e. The maximum Gasteiger partial charge on any atom is 0.490 e. The summed E-state index contributed by atoms with van der Waals surface area (Å²) in [6.07, 6.45) is -0.530. The van der Waals surface area contributed by atoms with Gasteiger partial charge >= 0.3 is 24.8 Å². The average Bonchev–Trinajstić information content (AvgIpc) is 2.92. The molecule has 0 unspecified atom stereocenters. The van der Waals surface area contributed by atoms with E-state index in [0.717, 1.165) is 0 Å². The van der Waals surface area contributed by atoms with Gasteiger partial charge < -0.3 is 18.8 Å². The van der Waals surface area contributed by atoms with Crippen LogP contribution in [0.25, 0.3) is 0 Å². The molecule has 2 heterocycles. The smallest absolute Gasteiger partial charge is 0.400 e. The summed E-state index contributed by atoms with van der Waals surface area (Å²) in [5, 5.41) is 0. The van der Waals surface area contributed by atoms with E-state index in [9.17, 15) is 17.6 Å². The van der Waals surface area contributed by atoms with Crippen molar-refractivity contribution in [1.29, 1.82) is 0 Å². The summed E-state index contributed by atoms with van der Waals surface area (Å²) in [5.41, 5.74) is -1.92. The van der Waals surface area contributed by atoms with E-state index in [1.165, 1.54) is 0 Å². The second kappa shape index (κ2) is 4.71. The topological polar surface area (TPSA) is 36.9 Å². The van der Waals surface area contributed by atoms with Gasteiger partial charge in [0.2, 0.25) is 0 Å². The highest BCUT2D eigenvalue weighted by Crippen LogP contribution is 2.55. The maximum absolute atomic E-state index is 14.5. The van der Waals surface area contributed by atoms with Gasteiger partial charge in [-0.05, 0) is 39.2 Å². The van der Waals surface area contributed by atoms with E-state index in [0.29, 0.717) is 6.08 Å². The Hall–Kier alpha value is -0.635. The van der Waals surface area contributed by atoms with Crippen LogP contribution in [0.4, 0.5) is 17.6 Å². The van der Waals surface area contributed by atoms with Crippen LogP contribution in [0.5, 0.6) is 0 Å². The van der Waals surface area contributed by atoms with Crippen LogP contribution in [0.1, 0.15) is 34.1 Å². The predicted octanol–water partition coefficient (Wildman–Crippen LogP) is 2.96. The molecule has 23 heavy (non-hydrogen) atoms. The average molecular weight is 338 g/mol. The van der Waals surface area contributed by atoms with Crippen LogP contribution in [0.3, 0.4) is 0 Å². The molecule has 0 aromatic carbocycles. The first-order valence-electron chi connectivity index (χ1n) is 7.44. The Morgan fingerprint density at radius 1 is 0.913 bits per heavy atom. The van der Waals surface area contributed by atoms with E-state index in [1.807, 2.05) is 0 Å². The molecule has 0 aromatic rings. The molecule has 0 atom stereocenters. The summed E-state index contributed by atoms with van der Waals surface area (Å²) in [6.45, 7) is 6.28. The Labute approximate surface area is 132 Å². The number of ether oxygens (including phenoxy) is 2. The van der Waals surface area contributed by atoms with Crippen LogP contribution < -0.4 is 0 Å². The number of hydrogen-bond acceptors (Lipinski definition) is 4. The lowest BCUT2D eigenvalue weighted by molar-refractivity contribution is -0.364. The van der Waals surface area contributed by atoms with E-state index in [4.69, 9.17) is 9.31 Å². The Bertz CT molecular complexity index is 525. The van der Waals surface area contributed by atoms with Crippen LogP contribution in [-0.4, -0.2) is 49.2 Å². The van der Waals surface area contributed by atoms with Gasteiger partial charge in [0.05, 0.1) is 24.4 Å². The quantitative estimate of drug-likeness (QED) is 0.544. The molecule has 0 bridgehead atoms. The van der Waals surface area contributed by atoms with E-state index >= 15 is 0 Å². The van der Waals surface area contributed by atoms with Gasteiger partial charge in [-0.25, -0.2) is 8.78 Å². The molecule has 3 aliphatic rings. The van der Waals surface area contributed by atoms with Crippen molar-refractivity contribution in [2.75, 3.05) is 13.2 Å². The third kappa shape index (κ3) is 2.27. The first-order chi connectivity index (χ1) is 10.3. The molecule has 2 fully saturated rings. The van der Waals surface area contributed by atoms with Crippen molar-refractivity contribution in [2.45, 2.75) is 63.0 Å². The van der Waals surface area contributed by atoms with Gasteiger partial charge in [0.25, 0.3) is 0 Å². The van der Waals surface area contributed by atoms with Crippen molar-refractivity contribution in [2.24, 2.45) is 0 Å². The van der Waals surface area contributed by atoms with Gasteiger partial charge in [0.15, 0.2) is 0 Å². The fourth-order valence-electron chi connectivity index (χ4n) is 2.96. The third-order valence-electron chi connectivity index (χ3n) is 4.96. The summed E-state index contributed by atoms with van der Waals surface area (Å²) in [6, 6.07) is 0. The number of alkyl halides is 4. The molecule has 0 N–H and O–H groups in total. The number of halogens is 4. The summed E-state index contributed by atoms with van der Waals surface area (Å²) in [7, 11) is -1.25. The lowest BCUT2D eigenvalue weighted by atomic mass is 9.69. The molecule has 0 amide bonds. The summed E-state index contributed by atoms with van der Waals surface area (Å²) >= 11 is 0. The van der Waals surface area contributed by atoms with Crippen LogP contribution in [0, 0.1) is 0 Å². The van der Waals surface area contributed by atoms with Crippen molar-refractivity contribution < 1.29 is 36.3 Å². The van der Waals surface area contributed by atoms with Crippen LogP contribution in [0.2, 0.25) is 0 Å². The van der Waals surface area contributed by atoms with E-state index in [2.05, 4.69) is 9.47 Å². The van der Waals surface area contributed by atoms with E-state index in [1.54, 1.807) is 27.7 Å². The fourth-order valence-corrected chi connectivity index (χ4v) is 2.96. The molecule has 0 saturated carbocycles. The summed E-state index contributed by atoms with van der Waals surface area (Å²) < 4.78 is 78.3. The van der Waals surface area contributed by atoms with Crippen molar-refractivity contribution in [3.8, 4) is 0 Å². The van der Waals surface area contributed by atoms with Gasteiger partial charge in [-0.1, -0.05) is 0 Å². The van der Waals surface area contributed by atoms with Crippen molar-refractivity contribution in [1.82, 2.24) is 0 Å². The Morgan fingerprint density at radius 2 is 1.39 bits per heavy atom.